The van der Waals surface area contributed by atoms with Gasteiger partial charge in [0.15, 0.2) is 12.1 Å². The molecule has 1 saturated carbocycles. The summed E-state index contributed by atoms with van der Waals surface area (Å²) in [4.78, 5) is 33.6. The lowest BCUT2D eigenvalue weighted by Gasteiger charge is -2.55. The number of methoxy groups -OCH3 is 1. The number of aryl methyl sites for hydroxylation is 1. The van der Waals surface area contributed by atoms with Crippen molar-refractivity contribution in [2.24, 2.45) is 11.3 Å². The standard InChI is InChI=1S/C33H46N6O4/c1-4-28(40)39-17-16-38(20-24(39)11-14-34)31-27-10-13-33(12-9-22-18-26(42-3)8-7-23(22)19-33)30(41)29(27)35-32(36-31)43-21-25-6-5-15-37(25)2/h4,7-8,18,24-25,27,29,31-32,35-36H,1,5-6,9-13,15-17,19-21H2,2-3H3. The summed E-state index contributed by atoms with van der Waals surface area (Å²) in [6.45, 7) is 7.09. The zero-order valence-electron chi connectivity index (χ0n) is 25.6. The Bertz CT molecular complexity index is 1270. The number of carbonyl (C=O) groups is 2. The summed E-state index contributed by atoms with van der Waals surface area (Å²) in [5.74, 6) is 1.10. The fourth-order valence-electron chi connectivity index (χ4n) is 8.36. The van der Waals surface area contributed by atoms with E-state index in [1.165, 1.54) is 23.6 Å². The lowest BCUT2D eigenvalue weighted by atomic mass is 9.59. The molecule has 3 aliphatic heterocycles. The maximum atomic E-state index is 14.6. The first kappa shape index (κ1) is 30.2. The van der Waals surface area contributed by atoms with Gasteiger partial charge in [0.05, 0.1) is 44.5 Å². The van der Waals surface area contributed by atoms with E-state index in [0.29, 0.717) is 38.1 Å². The minimum Gasteiger partial charge on any atom is -0.497 e. The molecule has 10 heteroatoms. The van der Waals surface area contributed by atoms with Gasteiger partial charge in [-0.2, -0.15) is 5.26 Å². The van der Waals surface area contributed by atoms with Crippen LogP contribution in [0.25, 0.3) is 0 Å². The van der Waals surface area contributed by atoms with Crippen LogP contribution >= 0.6 is 0 Å². The average molecular weight is 591 g/mol. The summed E-state index contributed by atoms with van der Waals surface area (Å²) in [6, 6.07) is 8.36. The molecule has 43 heavy (non-hydrogen) atoms. The molecule has 7 unspecified atom stereocenters. The van der Waals surface area contributed by atoms with Gasteiger partial charge in [-0.25, -0.2) is 0 Å². The van der Waals surface area contributed by atoms with Crippen molar-refractivity contribution in [2.45, 2.75) is 82.0 Å². The number of nitriles is 1. The number of hydrogen-bond acceptors (Lipinski definition) is 9. The van der Waals surface area contributed by atoms with Crippen LogP contribution in [-0.2, 0) is 27.2 Å². The van der Waals surface area contributed by atoms with Crippen LogP contribution in [0.2, 0.25) is 0 Å². The van der Waals surface area contributed by atoms with Gasteiger partial charge in [0.2, 0.25) is 5.91 Å². The number of hydrogen-bond donors (Lipinski definition) is 2. The van der Waals surface area contributed by atoms with Crippen molar-refractivity contribution in [1.82, 2.24) is 25.3 Å². The molecular formula is C33H46N6O4. The first-order valence-corrected chi connectivity index (χ1v) is 15.9. The second-order valence-electron chi connectivity index (χ2n) is 13.2. The molecule has 0 aromatic heterocycles. The molecule has 3 saturated heterocycles. The molecule has 1 aromatic rings. The van der Waals surface area contributed by atoms with Crippen LogP contribution in [0.5, 0.6) is 5.75 Å². The third-order valence-corrected chi connectivity index (χ3v) is 10.9. The molecule has 2 N–H and O–H groups in total. The number of likely N-dealkylation sites (tertiary alicyclic amines) is 1. The molecule has 6 rings (SSSR count). The third kappa shape index (κ3) is 5.86. The summed E-state index contributed by atoms with van der Waals surface area (Å²) in [7, 11) is 3.84. The molecular weight excluding hydrogens is 544 g/mol. The summed E-state index contributed by atoms with van der Waals surface area (Å²) < 4.78 is 11.9. The number of benzene rings is 1. The van der Waals surface area contributed by atoms with Crippen LogP contribution in [0.15, 0.2) is 30.9 Å². The van der Waals surface area contributed by atoms with Crippen LogP contribution < -0.4 is 15.4 Å². The van der Waals surface area contributed by atoms with E-state index < -0.39 is 6.35 Å². The van der Waals surface area contributed by atoms with Gasteiger partial charge < -0.3 is 19.3 Å². The fourth-order valence-corrected chi connectivity index (χ4v) is 8.36. The number of carbonyl (C=O) groups excluding carboxylic acids is 2. The predicted octanol–water partition coefficient (Wildman–Crippen LogP) is 2.04. The van der Waals surface area contributed by atoms with E-state index in [-0.39, 0.29) is 41.9 Å². The smallest absolute Gasteiger partial charge is 0.246 e. The molecule has 10 nitrogen and oxygen atoms in total. The normalized spacial score (nSPS) is 34.8. The Labute approximate surface area is 255 Å². The van der Waals surface area contributed by atoms with Gasteiger partial charge in [0.1, 0.15) is 5.75 Å². The minimum absolute atomic E-state index is 0.0637. The molecule has 7 atom stereocenters. The Morgan fingerprint density at radius 1 is 1.19 bits per heavy atom. The minimum atomic E-state index is -0.457. The van der Waals surface area contributed by atoms with E-state index in [1.54, 1.807) is 12.0 Å². The van der Waals surface area contributed by atoms with Gasteiger partial charge in [-0.15, -0.1) is 0 Å². The summed E-state index contributed by atoms with van der Waals surface area (Å²) in [6.07, 6.45) is 7.58. The van der Waals surface area contributed by atoms with Crippen molar-refractivity contribution in [2.75, 3.05) is 46.9 Å². The van der Waals surface area contributed by atoms with Crippen molar-refractivity contribution in [3.8, 4) is 11.8 Å². The zero-order chi connectivity index (χ0) is 30.1. The second kappa shape index (κ2) is 12.7. The number of amides is 1. The number of rotatable bonds is 7. The average Bonchev–Trinajstić information content (AvgIpc) is 3.45. The van der Waals surface area contributed by atoms with Crippen LogP contribution in [0.3, 0.4) is 0 Å². The first-order chi connectivity index (χ1) is 20.9. The lowest BCUT2D eigenvalue weighted by Crippen LogP contribution is -2.74. The number of ketones is 1. The Morgan fingerprint density at radius 2 is 2.05 bits per heavy atom. The molecule has 1 aromatic carbocycles. The molecule has 0 radical (unpaired) electrons. The maximum absolute atomic E-state index is 14.6. The Kier molecular flexibility index (Phi) is 8.90. The molecule has 5 aliphatic rings. The van der Waals surface area contributed by atoms with Crippen molar-refractivity contribution >= 4 is 11.7 Å². The number of piperazine rings is 1. The van der Waals surface area contributed by atoms with E-state index in [4.69, 9.17) is 9.47 Å². The second-order valence-corrected chi connectivity index (χ2v) is 13.2. The van der Waals surface area contributed by atoms with Crippen LogP contribution in [0.4, 0.5) is 0 Å². The van der Waals surface area contributed by atoms with Gasteiger partial charge in [-0.1, -0.05) is 12.6 Å². The summed E-state index contributed by atoms with van der Waals surface area (Å²) in [5, 5.41) is 16.9. The lowest BCUT2D eigenvalue weighted by molar-refractivity contribution is -0.154. The highest BCUT2D eigenvalue weighted by atomic mass is 16.5. The van der Waals surface area contributed by atoms with E-state index in [2.05, 4.69) is 52.3 Å². The van der Waals surface area contributed by atoms with E-state index in [9.17, 15) is 14.9 Å². The highest BCUT2D eigenvalue weighted by molar-refractivity contribution is 5.91. The third-order valence-electron chi connectivity index (χ3n) is 10.9. The summed E-state index contributed by atoms with van der Waals surface area (Å²) >= 11 is 0. The quantitative estimate of drug-likeness (QED) is 0.461. The Balaban J connectivity index is 1.24. The number of Topliss-reactive ketones (excluding diaryl/α,β-unsaturated/α-hetero) is 1. The molecule has 232 valence electrons. The Hall–Kier alpha value is -2.81. The number of nitrogens with zero attached hydrogens (tertiary/aromatic N) is 4. The van der Waals surface area contributed by atoms with Crippen molar-refractivity contribution < 1.29 is 19.1 Å². The van der Waals surface area contributed by atoms with Gasteiger partial charge in [0, 0.05) is 37.0 Å². The molecule has 0 bridgehead atoms. The predicted molar refractivity (Wildman–Crippen MR) is 162 cm³/mol. The van der Waals surface area contributed by atoms with Crippen molar-refractivity contribution in [3.05, 3.63) is 42.0 Å². The van der Waals surface area contributed by atoms with E-state index >= 15 is 0 Å². The zero-order valence-corrected chi connectivity index (χ0v) is 25.6. The highest BCUT2D eigenvalue weighted by Gasteiger charge is 2.55. The van der Waals surface area contributed by atoms with Crippen molar-refractivity contribution in [1.29, 1.82) is 5.26 Å². The monoisotopic (exact) mass is 590 g/mol. The van der Waals surface area contributed by atoms with Gasteiger partial charge in [-0.3, -0.25) is 25.1 Å². The number of likely N-dealkylation sites (N-methyl/N-ethyl adjacent to an activating group) is 1. The fraction of sp³-hybridized carbons (Fsp3) is 0.667. The number of nitrogens with one attached hydrogen (secondary N) is 2. The topological polar surface area (TPSA) is 110 Å². The molecule has 1 amide bonds. The number of ether oxygens (including phenoxy) is 2. The first-order valence-electron chi connectivity index (χ1n) is 15.9. The largest absolute Gasteiger partial charge is 0.497 e. The summed E-state index contributed by atoms with van der Waals surface area (Å²) in [5.41, 5.74) is 2.16. The van der Waals surface area contributed by atoms with Crippen molar-refractivity contribution in [3.63, 3.8) is 0 Å². The van der Waals surface area contributed by atoms with Crippen LogP contribution in [0.1, 0.15) is 49.7 Å². The van der Waals surface area contributed by atoms with Crippen LogP contribution in [0, 0.1) is 22.7 Å². The van der Waals surface area contributed by atoms with E-state index in [1.807, 2.05) is 6.07 Å². The molecule has 3 heterocycles. The number of fused-ring (bicyclic) bond motifs is 2. The van der Waals surface area contributed by atoms with Gasteiger partial charge in [-0.05, 0) is 87.9 Å². The maximum Gasteiger partial charge on any atom is 0.246 e. The van der Waals surface area contributed by atoms with Gasteiger partial charge >= 0.3 is 0 Å². The Morgan fingerprint density at radius 3 is 2.79 bits per heavy atom. The van der Waals surface area contributed by atoms with Crippen LogP contribution in [-0.4, -0.2) is 104 Å². The van der Waals surface area contributed by atoms with Gasteiger partial charge in [0.25, 0.3) is 0 Å². The molecule has 4 fully saturated rings. The molecule has 2 aliphatic carbocycles. The van der Waals surface area contributed by atoms with E-state index in [0.717, 1.165) is 50.8 Å². The molecule has 1 spiro atoms. The highest BCUT2D eigenvalue weighted by Crippen LogP contribution is 2.48. The SMILES string of the molecule is C=CC(=O)N1CCN(C2NC(OCC3CCCN3C)NC3C(=O)C4(CCc5cc(OC)ccc5C4)CCC32)CC1CC#N.